The molecule has 0 atom stereocenters. The van der Waals surface area contributed by atoms with Crippen LogP contribution in [0.15, 0.2) is 42.5 Å². The van der Waals surface area contributed by atoms with Crippen molar-refractivity contribution in [1.82, 2.24) is 0 Å². The van der Waals surface area contributed by atoms with E-state index in [1.807, 2.05) is 0 Å². The molecule has 5 nitrogen and oxygen atoms in total. The van der Waals surface area contributed by atoms with Crippen LogP contribution in [0.4, 0.5) is 10.1 Å². The summed E-state index contributed by atoms with van der Waals surface area (Å²) in [5.74, 6) is 0.565. The number of sulfonamides is 1. The van der Waals surface area contributed by atoms with Gasteiger partial charge in [-0.15, -0.1) is 0 Å². The fourth-order valence-electron chi connectivity index (χ4n) is 2.14. The molecule has 0 aliphatic heterocycles. The van der Waals surface area contributed by atoms with Crippen molar-refractivity contribution in [3.63, 3.8) is 0 Å². The summed E-state index contributed by atoms with van der Waals surface area (Å²) in [5, 5.41) is 0. The molecule has 124 valence electrons. The van der Waals surface area contributed by atoms with Gasteiger partial charge < -0.3 is 9.47 Å². The molecule has 0 heterocycles. The molecule has 0 spiro atoms. The molecule has 2 rings (SSSR count). The molecule has 0 N–H and O–H groups in total. The molecule has 0 unspecified atom stereocenters. The smallest absolute Gasteiger partial charge is 0.232 e. The summed E-state index contributed by atoms with van der Waals surface area (Å²) in [4.78, 5) is 0. The fourth-order valence-corrected chi connectivity index (χ4v) is 3.02. The normalized spacial score (nSPS) is 11.1. The summed E-state index contributed by atoms with van der Waals surface area (Å²) in [6.07, 6.45) is 1.12. The quantitative estimate of drug-likeness (QED) is 0.812. The Hall–Kier alpha value is -2.28. The molecule has 0 saturated carbocycles. The zero-order valence-electron chi connectivity index (χ0n) is 13.1. The first-order valence-electron chi connectivity index (χ1n) is 6.79. The van der Waals surface area contributed by atoms with Gasteiger partial charge in [0.2, 0.25) is 10.0 Å². The molecule has 0 saturated heterocycles. The van der Waals surface area contributed by atoms with Gasteiger partial charge in [-0.05, 0) is 29.8 Å². The molecule has 0 radical (unpaired) electrons. The van der Waals surface area contributed by atoms with Crippen LogP contribution in [0.25, 0.3) is 0 Å². The monoisotopic (exact) mass is 339 g/mol. The van der Waals surface area contributed by atoms with E-state index in [1.54, 1.807) is 30.3 Å². The first-order valence-corrected chi connectivity index (χ1v) is 8.64. The first kappa shape index (κ1) is 17.1. The third kappa shape index (κ3) is 4.13. The Kier molecular flexibility index (Phi) is 5.10. The zero-order chi connectivity index (χ0) is 17.0. The summed E-state index contributed by atoms with van der Waals surface area (Å²) in [7, 11) is -0.545. The van der Waals surface area contributed by atoms with Crippen molar-refractivity contribution in [2.24, 2.45) is 0 Å². The molecule has 0 bridgehead atoms. The van der Waals surface area contributed by atoms with Crippen molar-refractivity contribution in [3.8, 4) is 11.5 Å². The van der Waals surface area contributed by atoms with E-state index in [0.717, 1.165) is 6.26 Å². The molecular weight excluding hydrogens is 321 g/mol. The van der Waals surface area contributed by atoms with E-state index in [4.69, 9.17) is 9.47 Å². The Bertz CT molecular complexity index is 775. The average molecular weight is 339 g/mol. The number of benzene rings is 2. The van der Waals surface area contributed by atoms with Gasteiger partial charge in [0.25, 0.3) is 0 Å². The molecule has 2 aromatic carbocycles. The van der Waals surface area contributed by atoms with Gasteiger partial charge in [-0.1, -0.05) is 12.1 Å². The Labute approximate surface area is 135 Å². The largest absolute Gasteiger partial charge is 0.493 e. The minimum atomic E-state index is -3.53. The summed E-state index contributed by atoms with van der Waals surface area (Å²) < 4.78 is 48.9. The Morgan fingerprint density at radius 3 is 2.13 bits per heavy atom. The highest BCUT2D eigenvalue weighted by molar-refractivity contribution is 7.92. The zero-order valence-corrected chi connectivity index (χ0v) is 13.9. The van der Waals surface area contributed by atoms with E-state index in [2.05, 4.69) is 0 Å². The van der Waals surface area contributed by atoms with Gasteiger partial charge in [-0.25, -0.2) is 12.8 Å². The van der Waals surface area contributed by atoms with E-state index in [0.29, 0.717) is 22.7 Å². The Balaban J connectivity index is 2.41. The van der Waals surface area contributed by atoms with Crippen molar-refractivity contribution in [2.45, 2.75) is 6.54 Å². The van der Waals surface area contributed by atoms with Crippen molar-refractivity contribution < 1.29 is 22.3 Å². The number of rotatable bonds is 6. The van der Waals surface area contributed by atoms with Gasteiger partial charge in [0.1, 0.15) is 5.82 Å². The first-order chi connectivity index (χ1) is 10.8. The average Bonchev–Trinajstić information content (AvgIpc) is 2.52. The lowest BCUT2D eigenvalue weighted by molar-refractivity contribution is 0.355. The minimum Gasteiger partial charge on any atom is -0.493 e. The number of nitrogens with zero attached hydrogens (tertiary/aromatic N) is 1. The highest BCUT2D eigenvalue weighted by Crippen LogP contribution is 2.33. The molecule has 0 amide bonds. The topological polar surface area (TPSA) is 55.8 Å². The number of ether oxygens (including phenoxy) is 2. The van der Waals surface area contributed by atoms with Crippen LogP contribution in [0.5, 0.6) is 11.5 Å². The standard InChI is InChI=1S/C16H18FNO4S/c1-21-15-9-8-14(10-16(15)22-2)18(23(3,19)20)11-12-4-6-13(17)7-5-12/h4-10H,11H2,1-3H3. The molecular formula is C16H18FNO4S. The molecule has 0 aromatic heterocycles. The van der Waals surface area contributed by atoms with Gasteiger partial charge in [-0.3, -0.25) is 4.31 Å². The van der Waals surface area contributed by atoms with E-state index < -0.39 is 10.0 Å². The van der Waals surface area contributed by atoms with Gasteiger partial charge in [0, 0.05) is 6.07 Å². The maximum absolute atomic E-state index is 13.0. The van der Waals surface area contributed by atoms with Crippen LogP contribution in [-0.2, 0) is 16.6 Å². The minimum absolute atomic E-state index is 0.0919. The predicted octanol–water partition coefficient (Wildman–Crippen LogP) is 2.81. The number of halogens is 1. The van der Waals surface area contributed by atoms with Gasteiger partial charge in [0.15, 0.2) is 11.5 Å². The fraction of sp³-hybridized carbons (Fsp3) is 0.250. The lowest BCUT2D eigenvalue weighted by atomic mass is 10.2. The molecule has 0 fully saturated rings. The molecule has 7 heteroatoms. The highest BCUT2D eigenvalue weighted by atomic mass is 32.2. The van der Waals surface area contributed by atoms with Gasteiger partial charge >= 0.3 is 0 Å². The second-order valence-corrected chi connectivity index (χ2v) is 6.84. The molecule has 2 aromatic rings. The second-order valence-electron chi connectivity index (χ2n) is 4.94. The van der Waals surface area contributed by atoms with Crippen LogP contribution in [0, 0.1) is 5.82 Å². The lowest BCUT2D eigenvalue weighted by Gasteiger charge is -2.23. The van der Waals surface area contributed by atoms with Crippen LogP contribution in [0.3, 0.4) is 0 Å². The van der Waals surface area contributed by atoms with Crippen LogP contribution >= 0.6 is 0 Å². The number of hydrogen-bond acceptors (Lipinski definition) is 4. The Morgan fingerprint density at radius 2 is 1.61 bits per heavy atom. The van der Waals surface area contributed by atoms with E-state index in [1.165, 1.54) is 30.7 Å². The van der Waals surface area contributed by atoms with Gasteiger partial charge in [0.05, 0.1) is 32.7 Å². The summed E-state index contributed by atoms with van der Waals surface area (Å²) in [6, 6.07) is 10.5. The molecule has 0 aliphatic rings. The van der Waals surface area contributed by atoms with E-state index in [9.17, 15) is 12.8 Å². The number of anilines is 1. The lowest BCUT2D eigenvalue weighted by Crippen LogP contribution is -2.29. The third-order valence-corrected chi connectivity index (χ3v) is 4.44. The maximum Gasteiger partial charge on any atom is 0.232 e. The summed E-state index contributed by atoms with van der Waals surface area (Å²) in [6.45, 7) is 0.0919. The van der Waals surface area contributed by atoms with Crippen molar-refractivity contribution >= 4 is 15.7 Å². The third-order valence-electron chi connectivity index (χ3n) is 3.29. The van der Waals surface area contributed by atoms with Crippen molar-refractivity contribution in [3.05, 3.63) is 53.8 Å². The maximum atomic E-state index is 13.0. The van der Waals surface area contributed by atoms with Crippen LogP contribution < -0.4 is 13.8 Å². The molecule has 0 aliphatic carbocycles. The van der Waals surface area contributed by atoms with Crippen LogP contribution in [-0.4, -0.2) is 28.9 Å². The van der Waals surface area contributed by atoms with Gasteiger partial charge in [-0.2, -0.15) is 0 Å². The predicted molar refractivity (Wildman–Crippen MR) is 87.0 cm³/mol. The highest BCUT2D eigenvalue weighted by Gasteiger charge is 2.19. The van der Waals surface area contributed by atoms with Crippen LogP contribution in [0.1, 0.15) is 5.56 Å². The summed E-state index contributed by atoms with van der Waals surface area (Å²) in [5.41, 5.74) is 1.11. The Morgan fingerprint density at radius 1 is 1.00 bits per heavy atom. The second kappa shape index (κ2) is 6.87. The van der Waals surface area contributed by atoms with Crippen molar-refractivity contribution in [1.29, 1.82) is 0 Å². The van der Waals surface area contributed by atoms with Crippen LogP contribution in [0.2, 0.25) is 0 Å². The SMILES string of the molecule is COc1ccc(N(Cc2ccc(F)cc2)S(C)(=O)=O)cc1OC. The molecule has 23 heavy (non-hydrogen) atoms. The van der Waals surface area contributed by atoms with Crippen molar-refractivity contribution in [2.75, 3.05) is 24.8 Å². The number of methoxy groups -OCH3 is 2. The van der Waals surface area contributed by atoms with E-state index in [-0.39, 0.29) is 12.4 Å². The number of hydrogen-bond donors (Lipinski definition) is 0. The van der Waals surface area contributed by atoms with E-state index >= 15 is 0 Å². The summed E-state index contributed by atoms with van der Waals surface area (Å²) >= 11 is 0.